The van der Waals surface area contributed by atoms with Crippen LogP contribution in [0.2, 0.25) is 0 Å². The maximum Gasteiger partial charge on any atom is 0.325 e. The Balaban J connectivity index is 1.70. The van der Waals surface area contributed by atoms with Gasteiger partial charge in [0.15, 0.2) is 0 Å². The van der Waals surface area contributed by atoms with Crippen LogP contribution >= 0.6 is 0 Å². The van der Waals surface area contributed by atoms with Gasteiger partial charge in [0.2, 0.25) is 0 Å². The Morgan fingerprint density at radius 1 is 1.24 bits per heavy atom. The summed E-state index contributed by atoms with van der Waals surface area (Å²) in [5, 5.41) is 2.90. The van der Waals surface area contributed by atoms with Gasteiger partial charge in [-0.1, -0.05) is 42.5 Å². The van der Waals surface area contributed by atoms with Crippen LogP contribution in [0.15, 0.2) is 54.6 Å². The summed E-state index contributed by atoms with van der Waals surface area (Å²) in [5.74, 6) is -0.301. The summed E-state index contributed by atoms with van der Waals surface area (Å²) in [6.45, 7) is 0.851. The molecule has 2 aliphatic rings. The van der Waals surface area contributed by atoms with Crippen molar-refractivity contribution in [1.82, 2.24) is 0 Å². The number of carbonyl (C=O) groups is 2. The highest BCUT2D eigenvalue weighted by Crippen LogP contribution is 2.40. The Kier molecular flexibility index (Phi) is 3.76. The number of benzene rings is 2. The summed E-state index contributed by atoms with van der Waals surface area (Å²) < 4.78 is 4.80. The first kappa shape index (κ1) is 15.4. The summed E-state index contributed by atoms with van der Waals surface area (Å²) in [4.78, 5) is 26.1. The molecule has 25 heavy (non-hydrogen) atoms. The second kappa shape index (κ2) is 6.09. The van der Waals surface area contributed by atoms with Crippen LogP contribution in [-0.2, 0) is 14.3 Å². The Labute approximate surface area is 145 Å². The van der Waals surface area contributed by atoms with Crippen molar-refractivity contribution < 1.29 is 14.3 Å². The molecule has 0 fully saturated rings. The molecule has 2 aromatic carbocycles. The first-order chi connectivity index (χ1) is 12.2. The van der Waals surface area contributed by atoms with Crippen LogP contribution in [0.1, 0.15) is 17.0 Å². The molecule has 5 heteroatoms. The molecule has 126 valence electrons. The van der Waals surface area contributed by atoms with E-state index in [0.717, 1.165) is 22.5 Å². The van der Waals surface area contributed by atoms with E-state index in [1.54, 1.807) is 0 Å². The van der Waals surface area contributed by atoms with Crippen molar-refractivity contribution in [3.8, 4) is 0 Å². The van der Waals surface area contributed by atoms with Crippen molar-refractivity contribution in [1.29, 1.82) is 0 Å². The predicted molar refractivity (Wildman–Crippen MR) is 96.5 cm³/mol. The lowest BCUT2D eigenvalue weighted by molar-refractivity contribution is -0.138. The third kappa shape index (κ3) is 2.67. The fourth-order valence-corrected chi connectivity index (χ4v) is 3.54. The summed E-state index contributed by atoms with van der Waals surface area (Å²) >= 11 is 0. The normalized spacial score (nSPS) is 19.6. The average Bonchev–Trinajstić information content (AvgIpc) is 3.14. The van der Waals surface area contributed by atoms with Gasteiger partial charge in [0.05, 0.1) is 7.11 Å². The van der Waals surface area contributed by atoms with Gasteiger partial charge in [-0.3, -0.25) is 9.59 Å². The number of carbonyl (C=O) groups excluding carboxylic acids is 2. The number of nitrogens with one attached hydrogen (secondary N) is 1. The number of esters is 1. The molecular formula is C20H18N2O3. The number of anilines is 2. The van der Waals surface area contributed by atoms with Crippen molar-refractivity contribution in [2.75, 3.05) is 30.4 Å². The first-order valence-electron chi connectivity index (χ1n) is 8.20. The minimum absolute atomic E-state index is 0.0489. The van der Waals surface area contributed by atoms with Gasteiger partial charge in [-0.15, -0.1) is 0 Å². The van der Waals surface area contributed by atoms with Crippen molar-refractivity contribution in [2.24, 2.45) is 0 Å². The number of ether oxygens (including phenoxy) is 1. The van der Waals surface area contributed by atoms with Crippen LogP contribution in [0.5, 0.6) is 0 Å². The molecule has 5 nitrogen and oxygen atoms in total. The smallest absolute Gasteiger partial charge is 0.325 e. The summed E-state index contributed by atoms with van der Waals surface area (Å²) in [6, 6.07) is 15.7. The average molecular weight is 334 g/mol. The Morgan fingerprint density at radius 2 is 2.00 bits per heavy atom. The minimum Gasteiger partial charge on any atom is -0.468 e. The van der Waals surface area contributed by atoms with E-state index in [4.69, 9.17) is 4.74 Å². The van der Waals surface area contributed by atoms with E-state index in [2.05, 4.69) is 5.32 Å². The Hall–Kier alpha value is -3.08. The molecule has 4 rings (SSSR count). The van der Waals surface area contributed by atoms with Crippen molar-refractivity contribution in [3.05, 3.63) is 65.7 Å². The molecule has 0 spiro atoms. The first-order valence-corrected chi connectivity index (χ1v) is 8.20. The van der Waals surface area contributed by atoms with E-state index in [9.17, 15) is 9.59 Å². The van der Waals surface area contributed by atoms with E-state index < -0.39 is 0 Å². The number of methoxy groups -OCH3 is 1. The predicted octanol–water partition coefficient (Wildman–Crippen LogP) is 2.80. The maximum atomic E-state index is 12.4. The standard InChI is InChI=1S/C20H18N2O3/c1-25-19(23)12-22-11-13(14-6-3-5-9-18(14)22)10-16-15-7-2-4-8-17(15)21-20(16)24/h2-10,13H,11-12H2,1H3,(H,21,24)/b16-10-. The third-order valence-electron chi connectivity index (χ3n) is 4.72. The minimum atomic E-state index is -0.271. The number of nitrogens with zero attached hydrogens (tertiary/aromatic N) is 1. The van der Waals surface area contributed by atoms with Crippen LogP contribution in [-0.4, -0.2) is 32.1 Å². The van der Waals surface area contributed by atoms with Crippen LogP contribution in [0.25, 0.3) is 5.57 Å². The number of hydrogen-bond acceptors (Lipinski definition) is 4. The molecule has 0 saturated carbocycles. The van der Waals surface area contributed by atoms with Crippen LogP contribution in [0, 0.1) is 0 Å². The highest BCUT2D eigenvalue weighted by Gasteiger charge is 2.31. The summed E-state index contributed by atoms with van der Waals surface area (Å²) in [5.41, 5.74) is 4.60. The quantitative estimate of drug-likeness (QED) is 0.693. The summed E-state index contributed by atoms with van der Waals surface area (Å²) in [7, 11) is 1.39. The largest absolute Gasteiger partial charge is 0.468 e. The molecule has 2 heterocycles. The zero-order valence-electron chi connectivity index (χ0n) is 13.9. The van der Waals surface area contributed by atoms with E-state index in [-0.39, 0.29) is 24.3 Å². The Bertz CT molecular complexity index is 888. The molecular weight excluding hydrogens is 316 g/mol. The lowest BCUT2D eigenvalue weighted by Crippen LogP contribution is -2.29. The molecule has 1 atom stereocenters. The van der Waals surface area contributed by atoms with Crippen molar-refractivity contribution in [3.63, 3.8) is 0 Å². The van der Waals surface area contributed by atoms with E-state index >= 15 is 0 Å². The number of rotatable bonds is 3. The summed E-state index contributed by atoms with van der Waals surface area (Å²) in [6.07, 6.45) is 2.01. The van der Waals surface area contributed by atoms with Gasteiger partial charge in [-0.2, -0.15) is 0 Å². The SMILES string of the molecule is COC(=O)CN1CC(/C=C2\C(=O)Nc3ccccc32)c2ccccc21. The van der Waals surface area contributed by atoms with Crippen molar-refractivity contribution >= 4 is 28.8 Å². The Morgan fingerprint density at radius 3 is 2.84 bits per heavy atom. The molecule has 2 aliphatic heterocycles. The number of fused-ring (bicyclic) bond motifs is 2. The lowest BCUT2D eigenvalue weighted by atomic mass is 9.96. The molecule has 0 radical (unpaired) electrons. The molecule has 0 aromatic heterocycles. The zero-order chi connectivity index (χ0) is 17.4. The number of amides is 1. The number of para-hydroxylation sites is 2. The second-order valence-corrected chi connectivity index (χ2v) is 6.20. The maximum absolute atomic E-state index is 12.4. The van der Waals surface area contributed by atoms with Crippen LogP contribution in [0.4, 0.5) is 11.4 Å². The monoisotopic (exact) mass is 334 g/mol. The molecule has 0 aliphatic carbocycles. The van der Waals surface area contributed by atoms with E-state index in [1.165, 1.54) is 7.11 Å². The highest BCUT2D eigenvalue weighted by molar-refractivity contribution is 6.31. The van der Waals surface area contributed by atoms with E-state index in [0.29, 0.717) is 12.1 Å². The fraction of sp³-hybridized carbons (Fsp3) is 0.200. The molecule has 2 aromatic rings. The molecule has 1 amide bonds. The van der Waals surface area contributed by atoms with Gasteiger partial charge >= 0.3 is 5.97 Å². The number of hydrogen-bond donors (Lipinski definition) is 1. The molecule has 0 saturated heterocycles. The fourth-order valence-electron chi connectivity index (χ4n) is 3.54. The van der Waals surface area contributed by atoms with Gasteiger partial charge in [0.1, 0.15) is 6.54 Å². The van der Waals surface area contributed by atoms with Gasteiger partial charge in [-0.05, 0) is 17.7 Å². The zero-order valence-corrected chi connectivity index (χ0v) is 13.9. The molecule has 1 unspecified atom stereocenters. The highest BCUT2D eigenvalue weighted by atomic mass is 16.5. The van der Waals surface area contributed by atoms with Crippen LogP contribution < -0.4 is 10.2 Å². The van der Waals surface area contributed by atoms with Gasteiger partial charge in [0, 0.05) is 35.0 Å². The van der Waals surface area contributed by atoms with E-state index in [1.807, 2.05) is 59.5 Å². The lowest BCUT2D eigenvalue weighted by Gasteiger charge is -2.17. The van der Waals surface area contributed by atoms with Gasteiger partial charge < -0.3 is 15.0 Å². The van der Waals surface area contributed by atoms with Gasteiger partial charge in [-0.25, -0.2) is 0 Å². The molecule has 0 bridgehead atoms. The third-order valence-corrected chi connectivity index (χ3v) is 4.72. The second-order valence-electron chi connectivity index (χ2n) is 6.20. The van der Waals surface area contributed by atoms with Gasteiger partial charge in [0.25, 0.3) is 5.91 Å². The van der Waals surface area contributed by atoms with Crippen molar-refractivity contribution in [2.45, 2.75) is 5.92 Å². The topological polar surface area (TPSA) is 58.6 Å². The molecule has 1 N–H and O–H groups in total. The van der Waals surface area contributed by atoms with Crippen LogP contribution in [0.3, 0.4) is 0 Å².